The fourth-order valence-electron chi connectivity index (χ4n) is 3.39. The molecule has 0 bridgehead atoms. The minimum absolute atomic E-state index is 0.00955. The van der Waals surface area contributed by atoms with E-state index in [2.05, 4.69) is 17.3 Å². The Kier molecular flexibility index (Phi) is 5.19. The first-order valence-electron chi connectivity index (χ1n) is 8.88. The second-order valence-electron chi connectivity index (χ2n) is 7.04. The minimum Gasteiger partial charge on any atom is -0.355 e. The van der Waals surface area contributed by atoms with Crippen molar-refractivity contribution in [3.63, 3.8) is 0 Å². The second-order valence-corrected chi connectivity index (χ2v) is 7.04. The Labute approximate surface area is 144 Å². The zero-order valence-corrected chi connectivity index (χ0v) is 14.6. The van der Waals surface area contributed by atoms with Gasteiger partial charge in [-0.1, -0.05) is 30.3 Å². The molecule has 0 spiro atoms. The smallest absolute Gasteiger partial charge is 0.225 e. The van der Waals surface area contributed by atoms with Gasteiger partial charge in [0.05, 0.1) is 12.0 Å². The van der Waals surface area contributed by atoms with E-state index < -0.39 is 0 Å². The van der Waals surface area contributed by atoms with Gasteiger partial charge >= 0.3 is 0 Å². The molecule has 2 aliphatic rings. The van der Waals surface area contributed by atoms with Crippen molar-refractivity contribution in [3.8, 4) is 0 Å². The number of hydrogen-bond acceptors (Lipinski definition) is 3. The van der Waals surface area contributed by atoms with E-state index in [4.69, 9.17) is 0 Å². The predicted octanol–water partition coefficient (Wildman–Crippen LogP) is 1.81. The first-order chi connectivity index (χ1) is 11.6. The summed E-state index contributed by atoms with van der Waals surface area (Å²) in [7, 11) is 2.10. The molecule has 1 aromatic rings. The van der Waals surface area contributed by atoms with Gasteiger partial charge in [0, 0.05) is 32.1 Å². The topological polar surface area (TPSA) is 52.7 Å². The Morgan fingerprint density at radius 2 is 2.04 bits per heavy atom. The van der Waals surface area contributed by atoms with E-state index in [1.165, 1.54) is 12.8 Å². The molecule has 24 heavy (non-hydrogen) atoms. The number of hydrogen-bond donors (Lipinski definition) is 1. The normalized spacial score (nSPS) is 22.0. The van der Waals surface area contributed by atoms with Crippen LogP contribution < -0.4 is 5.32 Å². The maximum absolute atomic E-state index is 12.4. The SMILES string of the molecule is C[C@@H](c1ccccc1)N1C[C@H](C(=O)NCCN(C)C2CC2)CC1=O. The predicted molar refractivity (Wildman–Crippen MR) is 93.3 cm³/mol. The highest BCUT2D eigenvalue weighted by atomic mass is 16.2. The van der Waals surface area contributed by atoms with Crippen molar-refractivity contribution in [2.45, 2.75) is 38.3 Å². The van der Waals surface area contributed by atoms with Crippen LogP contribution in [-0.4, -0.2) is 54.3 Å². The van der Waals surface area contributed by atoms with Gasteiger partial charge in [0.2, 0.25) is 11.8 Å². The Balaban J connectivity index is 1.49. The molecule has 1 aliphatic heterocycles. The van der Waals surface area contributed by atoms with Crippen molar-refractivity contribution >= 4 is 11.8 Å². The van der Waals surface area contributed by atoms with Crippen LogP contribution in [-0.2, 0) is 9.59 Å². The summed E-state index contributed by atoms with van der Waals surface area (Å²) >= 11 is 0. The maximum atomic E-state index is 12.4. The van der Waals surface area contributed by atoms with Crippen molar-refractivity contribution in [1.82, 2.24) is 15.1 Å². The number of carbonyl (C=O) groups is 2. The highest BCUT2D eigenvalue weighted by Crippen LogP contribution is 2.28. The molecule has 3 rings (SSSR count). The lowest BCUT2D eigenvalue weighted by Gasteiger charge is -2.25. The highest BCUT2D eigenvalue weighted by Gasteiger charge is 2.36. The molecule has 2 atom stereocenters. The molecular formula is C19H27N3O2. The summed E-state index contributed by atoms with van der Waals surface area (Å²) in [4.78, 5) is 28.8. The fraction of sp³-hybridized carbons (Fsp3) is 0.579. The number of nitrogens with zero attached hydrogens (tertiary/aromatic N) is 2. The van der Waals surface area contributed by atoms with E-state index in [0.717, 1.165) is 12.1 Å². The molecule has 5 heteroatoms. The van der Waals surface area contributed by atoms with Gasteiger partial charge in [0.25, 0.3) is 0 Å². The molecule has 1 heterocycles. The molecule has 1 saturated carbocycles. The Bertz CT molecular complexity index is 586. The first-order valence-corrected chi connectivity index (χ1v) is 8.88. The summed E-state index contributed by atoms with van der Waals surface area (Å²) in [6.45, 7) is 4.07. The quantitative estimate of drug-likeness (QED) is 0.830. The van der Waals surface area contributed by atoms with E-state index in [1.54, 1.807) is 0 Å². The number of carbonyl (C=O) groups excluding carboxylic acids is 2. The maximum Gasteiger partial charge on any atom is 0.225 e. The Morgan fingerprint density at radius 1 is 1.33 bits per heavy atom. The Morgan fingerprint density at radius 3 is 2.71 bits per heavy atom. The van der Waals surface area contributed by atoms with Crippen molar-refractivity contribution in [3.05, 3.63) is 35.9 Å². The number of likely N-dealkylation sites (N-methyl/N-ethyl adjacent to an activating group) is 1. The molecule has 0 aromatic heterocycles. The molecule has 1 aromatic carbocycles. The van der Waals surface area contributed by atoms with Crippen LogP contribution in [0.4, 0.5) is 0 Å². The lowest BCUT2D eigenvalue weighted by atomic mass is 10.1. The molecule has 1 N–H and O–H groups in total. The van der Waals surface area contributed by atoms with Crippen molar-refractivity contribution in [2.75, 3.05) is 26.7 Å². The van der Waals surface area contributed by atoms with Crippen molar-refractivity contribution in [2.24, 2.45) is 5.92 Å². The van der Waals surface area contributed by atoms with Gasteiger partial charge in [-0.25, -0.2) is 0 Å². The summed E-state index contributed by atoms with van der Waals surface area (Å²) in [5, 5.41) is 3.00. The van der Waals surface area contributed by atoms with Crippen LogP contribution in [0.5, 0.6) is 0 Å². The third-order valence-corrected chi connectivity index (χ3v) is 5.21. The molecule has 2 amide bonds. The molecule has 1 aliphatic carbocycles. The zero-order valence-electron chi connectivity index (χ0n) is 14.6. The summed E-state index contributed by atoms with van der Waals surface area (Å²) in [5.74, 6) is -0.146. The highest BCUT2D eigenvalue weighted by molar-refractivity contribution is 5.89. The van der Waals surface area contributed by atoms with Crippen LogP contribution in [0.3, 0.4) is 0 Å². The van der Waals surface area contributed by atoms with Crippen LogP contribution in [0.1, 0.15) is 37.8 Å². The number of amides is 2. The molecular weight excluding hydrogens is 302 g/mol. The van der Waals surface area contributed by atoms with Gasteiger partial charge in [-0.3, -0.25) is 9.59 Å². The third-order valence-electron chi connectivity index (χ3n) is 5.21. The summed E-state index contributed by atoms with van der Waals surface area (Å²) < 4.78 is 0. The summed E-state index contributed by atoms with van der Waals surface area (Å²) in [6.07, 6.45) is 2.86. The van der Waals surface area contributed by atoms with Crippen LogP contribution in [0.15, 0.2) is 30.3 Å². The van der Waals surface area contributed by atoms with E-state index in [0.29, 0.717) is 25.6 Å². The monoisotopic (exact) mass is 329 g/mol. The molecule has 2 fully saturated rings. The summed E-state index contributed by atoms with van der Waals surface area (Å²) in [5.41, 5.74) is 1.11. The average molecular weight is 329 g/mol. The number of likely N-dealkylation sites (tertiary alicyclic amines) is 1. The number of benzene rings is 1. The van der Waals surface area contributed by atoms with E-state index in [-0.39, 0.29) is 23.8 Å². The summed E-state index contributed by atoms with van der Waals surface area (Å²) in [6, 6.07) is 10.7. The molecule has 5 nitrogen and oxygen atoms in total. The average Bonchev–Trinajstić information content (AvgIpc) is 3.37. The molecule has 1 saturated heterocycles. The minimum atomic E-state index is -0.227. The standard InChI is InChI=1S/C19H27N3O2/c1-14(15-6-4-3-5-7-15)22-13-16(12-18(22)23)19(24)20-10-11-21(2)17-8-9-17/h3-7,14,16-17H,8-13H2,1-2H3,(H,20,24)/t14-,16+/m0/s1. The lowest BCUT2D eigenvalue weighted by molar-refractivity contribution is -0.130. The zero-order chi connectivity index (χ0) is 17.1. The lowest BCUT2D eigenvalue weighted by Crippen LogP contribution is -2.38. The van der Waals surface area contributed by atoms with Gasteiger partial charge in [-0.15, -0.1) is 0 Å². The van der Waals surface area contributed by atoms with Crippen molar-refractivity contribution < 1.29 is 9.59 Å². The van der Waals surface area contributed by atoms with E-state index >= 15 is 0 Å². The van der Waals surface area contributed by atoms with Crippen LogP contribution in [0.2, 0.25) is 0 Å². The van der Waals surface area contributed by atoms with Gasteiger partial charge < -0.3 is 15.1 Å². The largest absolute Gasteiger partial charge is 0.355 e. The first kappa shape index (κ1) is 17.0. The van der Waals surface area contributed by atoms with Gasteiger partial charge in [0.15, 0.2) is 0 Å². The van der Waals surface area contributed by atoms with Gasteiger partial charge in [0.1, 0.15) is 0 Å². The van der Waals surface area contributed by atoms with E-state index in [1.807, 2.05) is 42.2 Å². The number of rotatable bonds is 7. The number of nitrogens with one attached hydrogen (secondary N) is 1. The molecule has 130 valence electrons. The van der Waals surface area contributed by atoms with Gasteiger partial charge in [-0.2, -0.15) is 0 Å². The van der Waals surface area contributed by atoms with Crippen LogP contribution in [0.25, 0.3) is 0 Å². The van der Waals surface area contributed by atoms with Gasteiger partial charge in [-0.05, 0) is 32.4 Å². The van der Waals surface area contributed by atoms with Crippen LogP contribution >= 0.6 is 0 Å². The Hall–Kier alpha value is -1.88. The fourth-order valence-corrected chi connectivity index (χ4v) is 3.39. The molecule has 0 radical (unpaired) electrons. The van der Waals surface area contributed by atoms with Crippen molar-refractivity contribution in [1.29, 1.82) is 0 Å². The second kappa shape index (κ2) is 7.34. The molecule has 0 unspecified atom stereocenters. The van der Waals surface area contributed by atoms with E-state index in [9.17, 15) is 9.59 Å². The third kappa shape index (κ3) is 3.96. The van der Waals surface area contributed by atoms with Crippen LogP contribution in [0, 0.1) is 5.92 Å².